The number of imide groups is 1. The fourth-order valence-electron chi connectivity index (χ4n) is 4.36. The number of para-hydroxylation sites is 2. The quantitative estimate of drug-likeness (QED) is 0.224. The Morgan fingerprint density at radius 1 is 1.19 bits per heavy atom. The van der Waals surface area contributed by atoms with Crippen molar-refractivity contribution in [2.75, 3.05) is 13.1 Å². The number of allylic oxidation sites excluding steroid dienone is 1. The predicted octanol–water partition coefficient (Wildman–Crippen LogP) is 1.97. The highest BCUT2D eigenvalue weighted by atomic mass is 16.2. The number of nitrogens with zero attached hydrogens (tertiary/aromatic N) is 4. The van der Waals surface area contributed by atoms with Gasteiger partial charge in [-0.05, 0) is 31.4 Å². The van der Waals surface area contributed by atoms with E-state index in [1.165, 1.54) is 17.3 Å². The Kier molecular flexibility index (Phi) is 7.65. The third-order valence-electron chi connectivity index (χ3n) is 6.38. The third kappa shape index (κ3) is 5.38. The zero-order valence-corrected chi connectivity index (χ0v) is 19.9. The molecule has 0 aliphatic carbocycles. The first-order valence-electron chi connectivity index (χ1n) is 11.8. The Bertz CT molecular complexity index is 1250. The molecule has 1 aromatic carbocycles. The third-order valence-corrected chi connectivity index (χ3v) is 6.38. The molecule has 0 saturated carbocycles. The van der Waals surface area contributed by atoms with Gasteiger partial charge in [0.1, 0.15) is 6.04 Å². The van der Waals surface area contributed by atoms with Crippen LogP contribution < -0.4 is 10.6 Å². The first-order chi connectivity index (χ1) is 17.4. The second-order valence-corrected chi connectivity index (χ2v) is 8.73. The van der Waals surface area contributed by atoms with Gasteiger partial charge in [0, 0.05) is 49.1 Å². The summed E-state index contributed by atoms with van der Waals surface area (Å²) < 4.78 is 0. The summed E-state index contributed by atoms with van der Waals surface area (Å²) in [4.78, 5) is 46.2. The van der Waals surface area contributed by atoms with E-state index in [1.807, 2.05) is 29.3 Å². The van der Waals surface area contributed by atoms with Gasteiger partial charge < -0.3 is 10.7 Å². The minimum Gasteiger partial charge on any atom is -0.387 e. The largest absolute Gasteiger partial charge is 0.387 e. The molecule has 0 bridgehead atoms. The van der Waals surface area contributed by atoms with Crippen molar-refractivity contribution in [1.82, 2.24) is 30.6 Å². The lowest BCUT2D eigenvalue weighted by atomic mass is 10.0. The highest BCUT2D eigenvalue weighted by molar-refractivity contribution is 6.07. The van der Waals surface area contributed by atoms with Crippen LogP contribution in [0.2, 0.25) is 0 Å². The van der Waals surface area contributed by atoms with Gasteiger partial charge in [-0.15, -0.1) is 0 Å². The minimum absolute atomic E-state index is 0.103. The molecule has 10 nitrogen and oxygen atoms in total. The van der Waals surface area contributed by atoms with Gasteiger partial charge in [0.15, 0.2) is 0 Å². The molecule has 3 heterocycles. The van der Waals surface area contributed by atoms with Crippen LogP contribution in [-0.2, 0) is 14.4 Å². The summed E-state index contributed by atoms with van der Waals surface area (Å²) in [5.74, 6) is -1.21. The Balaban J connectivity index is 1.43. The first-order valence-corrected chi connectivity index (χ1v) is 11.8. The van der Waals surface area contributed by atoms with Crippen molar-refractivity contribution in [2.45, 2.75) is 37.8 Å². The molecule has 0 radical (unpaired) electrons. The molecule has 1 unspecified atom stereocenters. The van der Waals surface area contributed by atoms with Gasteiger partial charge in [0.25, 0.3) is 11.8 Å². The Morgan fingerprint density at radius 3 is 2.58 bits per heavy atom. The smallest absolute Gasteiger partial charge is 0.268 e. The fourth-order valence-corrected chi connectivity index (χ4v) is 4.36. The van der Waals surface area contributed by atoms with Crippen LogP contribution >= 0.6 is 0 Å². The summed E-state index contributed by atoms with van der Waals surface area (Å²) in [5.41, 5.74) is 2.95. The van der Waals surface area contributed by atoms with Crippen LogP contribution in [0.25, 0.3) is 16.6 Å². The molecule has 2 fully saturated rings. The van der Waals surface area contributed by atoms with Crippen molar-refractivity contribution in [2.24, 2.45) is 0 Å². The van der Waals surface area contributed by atoms with E-state index in [0.717, 1.165) is 11.0 Å². The maximum absolute atomic E-state index is 13.1. The number of hydrogen-bond donors (Lipinski definition) is 3. The summed E-state index contributed by atoms with van der Waals surface area (Å²) in [6.45, 7) is 8.43. The lowest BCUT2D eigenvalue weighted by Crippen LogP contribution is -2.62. The van der Waals surface area contributed by atoms with E-state index in [4.69, 9.17) is 5.41 Å². The molecule has 2 saturated heterocycles. The summed E-state index contributed by atoms with van der Waals surface area (Å²) in [6, 6.07) is 6.90. The van der Waals surface area contributed by atoms with Crippen molar-refractivity contribution in [1.29, 1.82) is 5.41 Å². The lowest BCUT2D eigenvalue weighted by Gasteiger charge is -2.44. The van der Waals surface area contributed by atoms with Gasteiger partial charge in [-0.3, -0.25) is 29.7 Å². The number of amides is 3. The molecule has 2 aromatic rings. The minimum atomic E-state index is -0.771. The van der Waals surface area contributed by atoms with Crippen LogP contribution in [0.15, 0.2) is 61.5 Å². The number of carbonyl (C=O) groups excluding carboxylic acids is 3. The van der Waals surface area contributed by atoms with Gasteiger partial charge in [0.2, 0.25) is 5.91 Å². The van der Waals surface area contributed by atoms with E-state index >= 15 is 0 Å². The van der Waals surface area contributed by atoms with Crippen LogP contribution in [0.1, 0.15) is 31.4 Å². The van der Waals surface area contributed by atoms with Gasteiger partial charge >= 0.3 is 0 Å². The van der Waals surface area contributed by atoms with E-state index in [1.54, 1.807) is 12.4 Å². The zero-order chi connectivity index (χ0) is 25.7. The molecule has 1 aromatic heterocycles. The summed E-state index contributed by atoms with van der Waals surface area (Å²) in [5, 5.41) is 16.8. The number of fused-ring (bicyclic) bond motifs is 1. The number of aromatic nitrogens is 2. The topological polar surface area (TPSA) is 131 Å². The number of benzene rings is 1. The summed E-state index contributed by atoms with van der Waals surface area (Å²) in [6.07, 6.45) is 7.87. The molecular weight excluding hydrogens is 458 g/mol. The fraction of sp³-hybridized carbons (Fsp3) is 0.308. The Hall–Kier alpha value is -4.18. The number of nitrogens with one attached hydrogen (secondary N) is 3. The van der Waals surface area contributed by atoms with Crippen molar-refractivity contribution in [3.63, 3.8) is 0 Å². The van der Waals surface area contributed by atoms with Crippen molar-refractivity contribution >= 4 is 40.5 Å². The van der Waals surface area contributed by atoms with Gasteiger partial charge in [-0.2, -0.15) is 0 Å². The maximum atomic E-state index is 13.1. The number of hydrogen-bond acceptors (Lipinski definition) is 8. The van der Waals surface area contributed by atoms with Crippen LogP contribution in [0.3, 0.4) is 0 Å². The molecule has 2 aliphatic rings. The number of piperidine rings is 2. The van der Waals surface area contributed by atoms with Crippen LogP contribution in [0, 0.1) is 5.41 Å². The van der Waals surface area contributed by atoms with E-state index in [0.29, 0.717) is 37.2 Å². The second-order valence-electron chi connectivity index (χ2n) is 8.73. The van der Waals surface area contributed by atoms with Gasteiger partial charge in [0.05, 0.1) is 22.9 Å². The van der Waals surface area contributed by atoms with Crippen molar-refractivity contribution < 1.29 is 14.4 Å². The van der Waals surface area contributed by atoms with Crippen LogP contribution in [0.4, 0.5) is 0 Å². The van der Waals surface area contributed by atoms with Gasteiger partial charge in [-0.25, -0.2) is 9.99 Å². The SMILES string of the molecule is C=CC(=C)C(=O)N(C1CCC(=O)NC1=O)N1CCC(N/C=C(\C=N)c2cnc3ccccc3n2)CC1. The highest BCUT2D eigenvalue weighted by Crippen LogP contribution is 2.22. The molecule has 3 N–H and O–H groups in total. The predicted molar refractivity (Wildman–Crippen MR) is 136 cm³/mol. The standard InChI is InChI=1S/C26H29N7O3/c1-3-17(2)26(36)33(23-8-9-24(34)31-25(23)35)32-12-10-19(11-13-32)28-15-18(14-27)22-16-29-20-6-4-5-7-21(20)30-22/h3-7,14-16,19,23,27-28H,1-2,8-13H2,(H,31,34,35)/b18-15+,27-14?. The molecular formula is C26H29N7O3. The first kappa shape index (κ1) is 24.9. The monoisotopic (exact) mass is 487 g/mol. The van der Waals surface area contributed by atoms with E-state index in [-0.39, 0.29) is 30.4 Å². The normalized spacial score (nSPS) is 19.4. The summed E-state index contributed by atoms with van der Waals surface area (Å²) in [7, 11) is 0. The van der Waals surface area contributed by atoms with Gasteiger partial charge in [-0.1, -0.05) is 31.4 Å². The Labute approximate surface area is 209 Å². The average molecular weight is 488 g/mol. The molecule has 3 amide bonds. The number of hydrazine groups is 1. The highest BCUT2D eigenvalue weighted by Gasteiger charge is 2.39. The maximum Gasteiger partial charge on any atom is 0.268 e. The second kappa shape index (κ2) is 11.0. The zero-order valence-electron chi connectivity index (χ0n) is 19.9. The number of carbonyl (C=O) groups is 3. The van der Waals surface area contributed by atoms with Crippen molar-refractivity contribution in [3.05, 3.63) is 67.2 Å². The molecule has 4 rings (SSSR count). The number of rotatable bonds is 8. The lowest BCUT2D eigenvalue weighted by molar-refractivity contribution is -0.163. The average Bonchev–Trinajstić information content (AvgIpc) is 2.90. The molecule has 1 atom stereocenters. The molecule has 2 aliphatic heterocycles. The Morgan fingerprint density at radius 2 is 1.92 bits per heavy atom. The molecule has 36 heavy (non-hydrogen) atoms. The van der Waals surface area contributed by atoms with Crippen LogP contribution in [-0.4, -0.2) is 69.1 Å². The van der Waals surface area contributed by atoms with Crippen LogP contribution in [0.5, 0.6) is 0 Å². The van der Waals surface area contributed by atoms with E-state index < -0.39 is 17.9 Å². The van der Waals surface area contributed by atoms with E-state index in [2.05, 4.69) is 33.8 Å². The molecule has 0 spiro atoms. The van der Waals surface area contributed by atoms with Crippen molar-refractivity contribution in [3.8, 4) is 0 Å². The summed E-state index contributed by atoms with van der Waals surface area (Å²) >= 11 is 0. The molecule has 186 valence electrons. The van der Waals surface area contributed by atoms with E-state index in [9.17, 15) is 14.4 Å². The molecule has 10 heteroatoms.